The molecule has 5 aromatic rings. The minimum atomic E-state index is -2.67. The maximum Gasteiger partial charge on any atom is 0.674 e. The molecule has 0 saturated heterocycles. The summed E-state index contributed by atoms with van der Waals surface area (Å²) in [4.78, 5) is 15.2. The molecule has 0 fully saturated rings. The summed E-state index contributed by atoms with van der Waals surface area (Å²) in [5.74, 6) is 0. The van der Waals surface area contributed by atoms with Crippen molar-refractivity contribution >= 4 is 64.3 Å². The molecule has 2 N–H and O–H groups in total. The van der Waals surface area contributed by atoms with Gasteiger partial charge in [-0.25, -0.2) is 0 Å². The Bertz CT molecular complexity index is 1810. The van der Waals surface area contributed by atoms with Gasteiger partial charge in [0, 0.05) is 109 Å². The highest BCUT2D eigenvalue weighted by atomic mass is 19.1. The number of hydrogen-bond acceptors (Lipinski definition) is 8. The fourth-order valence-corrected chi connectivity index (χ4v) is 9.17. The number of unbranched alkanes of at least 4 members (excludes halogenated alkanes) is 8. The molecule has 0 amide bonds. The van der Waals surface area contributed by atoms with Crippen molar-refractivity contribution in [2.24, 2.45) is 0 Å². The van der Waals surface area contributed by atoms with Crippen LogP contribution in [0.15, 0.2) is 121 Å². The van der Waals surface area contributed by atoms with Gasteiger partial charge >= 0.3 is 7.40 Å². The molecule has 5 rings (SSSR count). The van der Waals surface area contributed by atoms with Gasteiger partial charge in [-0.2, -0.15) is 0 Å². The molecule has 0 radical (unpaired) electrons. The first kappa shape index (κ1) is 59.4. The zero-order chi connectivity index (χ0) is 51.9. The summed E-state index contributed by atoms with van der Waals surface area (Å²) in [5, 5.41) is 13.9. The number of rotatable bonds is 34. The van der Waals surface area contributed by atoms with Gasteiger partial charge in [0.25, 0.3) is 0 Å². The Morgan fingerprint density at radius 3 is 0.486 bits per heavy atom. The standard InChI is InChI=1S/C62H92N6.BFH2O2/c1-9-17-45-63(46-18-10-2)53-25-33-57(34-26-53)67(58-35-27-54(28-36-58)64(47-19-11-3)48-20-12-4)61-41-43-62(44-42-61)68(59-37-29-55(30-38-59)65(49-21-13-5)50-22-14-6)60-39-31-56(32-40-60)66(51-23-15-7)52-24-16-8;2-1(3)4/h25-44H,9-24,45-52H2,1-8H3;3-4H. The van der Waals surface area contributed by atoms with Gasteiger partial charge in [0.05, 0.1) is 0 Å². The average Bonchev–Trinajstić information content (AvgIpc) is 3.40. The molecule has 72 heavy (non-hydrogen) atoms. The first-order valence-electron chi connectivity index (χ1n) is 28.3. The van der Waals surface area contributed by atoms with Gasteiger partial charge in [-0.05, 0) is 173 Å². The lowest BCUT2D eigenvalue weighted by atomic mass is 10.1. The van der Waals surface area contributed by atoms with Gasteiger partial charge in [0.2, 0.25) is 0 Å². The number of halogens is 1. The lowest BCUT2D eigenvalue weighted by molar-refractivity contribution is 0.340. The van der Waals surface area contributed by atoms with E-state index in [1.165, 1.54) is 148 Å². The molecule has 0 heterocycles. The van der Waals surface area contributed by atoms with E-state index in [2.05, 4.69) is 206 Å². The first-order chi connectivity index (χ1) is 35.2. The Morgan fingerprint density at radius 2 is 0.375 bits per heavy atom. The second-order valence-electron chi connectivity index (χ2n) is 19.3. The zero-order valence-electron chi connectivity index (χ0n) is 46.1. The van der Waals surface area contributed by atoms with Crippen molar-refractivity contribution in [2.45, 2.75) is 158 Å². The van der Waals surface area contributed by atoms with Crippen LogP contribution in [0.1, 0.15) is 158 Å². The van der Waals surface area contributed by atoms with E-state index in [0.29, 0.717) is 0 Å². The fourth-order valence-electron chi connectivity index (χ4n) is 9.17. The molecule has 0 atom stereocenters. The molecular formula is C62H94BFN6O2. The summed E-state index contributed by atoms with van der Waals surface area (Å²) in [5.41, 5.74) is 12.2. The van der Waals surface area contributed by atoms with Gasteiger partial charge in [-0.15, -0.1) is 0 Å². The molecule has 0 spiro atoms. The van der Waals surface area contributed by atoms with Crippen molar-refractivity contribution in [3.8, 4) is 0 Å². The van der Waals surface area contributed by atoms with E-state index in [1.807, 2.05) is 0 Å². The molecule has 0 saturated carbocycles. The molecular weight excluding hydrogens is 891 g/mol. The van der Waals surface area contributed by atoms with Crippen molar-refractivity contribution in [3.63, 3.8) is 0 Å². The lowest BCUT2D eigenvalue weighted by Crippen LogP contribution is -2.25. The van der Waals surface area contributed by atoms with Crippen LogP contribution in [-0.4, -0.2) is 69.8 Å². The second kappa shape index (κ2) is 34.3. The average molecular weight is 985 g/mol. The normalized spacial score (nSPS) is 10.9. The van der Waals surface area contributed by atoms with Crippen molar-refractivity contribution in [1.29, 1.82) is 0 Å². The first-order valence-corrected chi connectivity index (χ1v) is 28.3. The summed E-state index contributed by atoms with van der Waals surface area (Å²) in [6.07, 6.45) is 19.3. The third-order valence-electron chi connectivity index (χ3n) is 13.5. The van der Waals surface area contributed by atoms with E-state index in [-0.39, 0.29) is 0 Å². The highest BCUT2D eigenvalue weighted by molar-refractivity contribution is 6.31. The molecule has 10 heteroatoms. The Morgan fingerprint density at radius 1 is 0.264 bits per heavy atom. The van der Waals surface area contributed by atoms with Crippen molar-refractivity contribution in [3.05, 3.63) is 121 Å². The fraction of sp³-hybridized carbons (Fsp3) is 0.516. The van der Waals surface area contributed by atoms with Crippen LogP contribution >= 0.6 is 0 Å². The zero-order valence-corrected chi connectivity index (χ0v) is 46.1. The molecule has 8 nitrogen and oxygen atoms in total. The van der Waals surface area contributed by atoms with Crippen LogP contribution in [-0.2, 0) is 0 Å². The van der Waals surface area contributed by atoms with E-state index >= 15 is 0 Å². The smallest absolute Gasteiger partial charge is 0.398 e. The third kappa shape index (κ3) is 19.3. The Balaban J connectivity index is 0.00000271. The monoisotopic (exact) mass is 985 g/mol. The molecule has 0 unspecified atom stereocenters. The van der Waals surface area contributed by atoms with E-state index in [0.717, 1.165) is 63.7 Å². The van der Waals surface area contributed by atoms with Gasteiger partial charge in [0.15, 0.2) is 0 Å². The summed E-state index contributed by atoms with van der Waals surface area (Å²) < 4.78 is 10.1. The van der Waals surface area contributed by atoms with Crippen LogP contribution in [0.5, 0.6) is 0 Å². The molecule has 0 aliphatic carbocycles. The highest BCUT2D eigenvalue weighted by Crippen LogP contribution is 2.41. The predicted molar refractivity (Wildman–Crippen MR) is 315 cm³/mol. The van der Waals surface area contributed by atoms with Crippen molar-refractivity contribution in [1.82, 2.24) is 0 Å². The SMILES string of the molecule is CCCCN(CCCC)c1ccc(N(c2ccc(N(CCCC)CCCC)cc2)c2ccc(N(c3ccc(N(CCCC)CCCC)cc3)c3ccc(N(CCCC)CCCC)cc3)cc2)cc1.OB(O)F. The lowest BCUT2D eigenvalue weighted by Gasteiger charge is -2.31. The van der Waals surface area contributed by atoms with Crippen LogP contribution in [0.3, 0.4) is 0 Å². The van der Waals surface area contributed by atoms with Crippen LogP contribution in [0, 0.1) is 0 Å². The largest absolute Gasteiger partial charge is 0.674 e. The van der Waals surface area contributed by atoms with E-state index < -0.39 is 7.40 Å². The van der Waals surface area contributed by atoms with E-state index in [1.54, 1.807) is 0 Å². The Labute approximate surface area is 438 Å². The topological polar surface area (TPSA) is 59.9 Å². The van der Waals surface area contributed by atoms with Crippen LogP contribution in [0.25, 0.3) is 0 Å². The Hall–Kier alpha value is -5.19. The molecule has 5 aromatic carbocycles. The summed E-state index contributed by atoms with van der Waals surface area (Å²) in [6.45, 7) is 27.1. The number of benzene rings is 5. The minimum Gasteiger partial charge on any atom is -0.398 e. The second-order valence-corrected chi connectivity index (χ2v) is 19.3. The highest BCUT2D eigenvalue weighted by Gasteiger charge is 2.19. The van der Waals surface area contributed by atoms with E-state index in [4.69, 9.17) is 10.0 Å². The maximum atomic E-state index is 10.1. The van der Waals surface area contributed by atoms with Gasteiger partial charge in [0.1, 0.15) is 0 Å². The summed E-state index contributed by atoms with van der Waals surface area (Å²) >= 11 is 0. The van der Waals surface area contributed by atoms with Gasteiger partial charge < -0.3 is 39.4 Å². The Kier molecular flexibility index (Phi) is 28.3. The van der Waals surface area contributed by atoms with Gasteiger partial charge in [-0.3, -0.25) is 4.32 Å². The van der Waals surface area contributed by atoms with E-state index in [9.17, 15) is 4.32 Å². The van der Waals surface area contributed by atoms with Crippen LogP contribution in [0.2, 0.25) is 0 Å². The van der Waals surface area contributed by atoms with Crippen LogP contribution < -0.4 is 29.4 Å². The minimum absolute atomic E-state index is 1.10. The van der Waals surface area contributed by atoms with Crippen molar-refractivity contribution < 1.29 is 14.4 Å². The van der Waals surface area contributed by atoms with Crippen LogP contribution in [0.4, 0.5) is 61.2 Å². The molecule has 0 aromatic heterocycles. The van der Waals surface area contributed by atoms with Crippen molar-refractivity contribution in [2.75, 3.05) is 81.8 Å². The number of hydrogen-bond donors (Lipinski definition) is 2. The van der Waals surface area contributed by atoms with Gasteiger partial charge in [-0.1, -0.05) is 107 Å². The summed E-state index contributed by atoms with van der Waals surface area (Å²) in [6, 6.07) is 46.7. The molecule has 0 bridgehead atoms. The molecule has 394 valence electrons. The molecule has 0 aliphatic heterocycles. The predicted octanol–water partition coefficient (Wildman–Crippen LogP) is 17.2. The maximum absolute atomic E-state index is 10.1. The number of anilines is 10. The quantitative estimate of drug-likeness (QED) is 0.0396. The number of nitrogens with zero attached hydrogens (tertiary/aromatic N) is 6. The third-order valence-corrected chi connectivity index (χ3v) is 13.5. The molecule has 0 aliphatic rings. The summed E-state index contributed by atoms with van der Waals surface area (Å²) in [7, 11) is -2.67.